The predicted molar refractivity (Wildman–Crippen MR) is 98.3 cm³/mol. The first-order valence-electron chi connectivity index (χ1n) is 7.77. The molecule has 0 unspecified atom stereocenters. The molecule has 0 radical (unpaired) electrons. The molecule has 2 aromatic carbocycles. The van der Waals surface area contributed by atoms with Crippen LogP contribution in [0, 0.1) is 0 Å². The van der Waals surface area contributed by atoms with E-state index in [1.165, 1.54) is 11.6 Å². The van der Waals surface area contributed by atoms with Crippen LogP contribution in [0.3, 0.4) is 0 Å². The molecule has 0 saturated carbocycles. The van der Waals surface area contributed by atoms with Gasteiger partial charge in [0.05, 0.1) is 6.54 Å². The lowest BCUT2D eigenvalue weighted by molar-refractivity contribution is 0.702. The highest BCUT2D eigenvalue weighted by molar-refractivity contribution is 6.29. The second-order valence-corrected chi connectivity index (χ2v) is 6.32. The maximum Gasteiger partial charge on any atom is 0.332 e. The number of aryl methyl sites for hydroxylation is 1. The third-order valence-electron chi connectivity index (χ3n) is 4.51. The molecule has 0 spiro atoms. The Bertz CT molecular complexity index is 1240. The molecule has 0 saturated heterocycles. The van der Waals surface area contributed by atoms with Crippen molar-refractivity contribution >= 4 is 33.5 Å². The summed E-state index contributed by atoms with van der Waals surface area (Å²) in [6.07, 6.45) is 0. The van der Waals surface area contributed by atoms with E-state index in [9.17, 15) is 9.59 Å². The first-order chi connectivity index (χ1) is 12.0. The highest BCUT2D eigenvalue weighted by Crippen LogP contribution is 2.23. The molecule has 25 heavy (non-hydrogen) atoms. The van der Waals surface area contributed by atoms with E-state index in [4.69, 9.17) is 11.6 Å². The summed E-state index contributed by atoms with van der Waals surface area (Å²) in [7, 11) is 3.03. The molecule has 2 heterocycles. The number of imidazole rings is 1. The fraction of sp³-hybridized carbons (Fsp3) is 0.167. The summed E-state index contributed by atoms with van der Waals surface area (Å²) in [6.45, 7) is 0.393. The molecular weight excluding hydrogens is 340 g/mol. The maximum absolute atomic E-state index is 12.6. The number of halogens is 1. The molecule has 0 N–H and O–H groups in total. The highest BCUT2D eigenvalue weighted by atomic mass is 35.5. The molecule has 0 amide bonds. The van der Waals surface area contributed by atoms with E-state index in [1.54, 1.807) is 11.6 Å². The lowest BCUT2D eigenvalue weighted by Gasteiger charge is -2.10. The van der Waals surface area contributed by atoms with E-state index in [0.29, 0.717) is 17.7 Å². The Labute approximate surface area is 147 Å². The Morgan fingerprint density at radius 3 is 2.52 bits per heavy atom. The van der Waals surface area contributed by atoms with Gasteiger partial charge in [-0.25, -0.2) is 4.79 Å². The topological polar surface area (TPSA) is 61.8 Å². The minimum atomic E-state index is -0.427. The zero-order valence-corrected chi connectivity index (χ0v) is 14.5. The average Bonchev–Trinajstić information content (AvgIpc) is 2.95. The van der Waals surface area contributed by atoms with Crippen molar-refractivity contribution in [2.45, 2.75) is 6.54 Å². The fourth-order valence-electron chi connectivity index (χ4n) is 3.16. The van der Waals surface area contributed by atoms with Gasteiger partial charge in [-0.1, -0.05) is 42.5 Å². The number of aromatic nitrogens is 4. The number of hydrogen-bond donors (Lipinski definition) is 0. The van der Waals surface area contributed by atoms with Gasteiger partial charge in [0.15, 0.2) is 11.2 Å². The van der Waals surface area contributed by atoms with E-state index < -0.39 is 11.2 Å². The van der Waals surface area contributed by atoms with Crippen LogP contribution in [0.2, 0.25) is 5.28 Å². The number of benzene rings is 2. The van der Waals surface area contributed by atoms with E-state index in [0.717, 1.165) is 20.9 Å². The number of rotatable bonds is 2. The molecule has 126 valence electrons. The molecule has 0 atom stereocenters. The molecule has 0 bridgehead atoms. The van der Waals surface area contributed by atoms with Crippen LogP contribution in [0.15, 0.2) is 52.1 Å². The maximum atomic E-state index is 12.6. The van der Waals surface area contributed by atoms with Gasteiger partial charge >= 0.3 is 5.69 Å². The fourth-order valence-corrected chi connectivity index (χ4v) is 3.39. The normalized spacial score (nSPS) is 11.5. The van der Waals surface area contributed by atoms with Gasteiger partial charge in [-0.05, 0) is 27.9 Å². The van der Waals surface area contributed by atoms with Crippen LogP contribution in [-0.2, 0) is 20.6 Å². The molecule has 0 fully saturated rings. The third-order valence-corrected chi connectivity index (χ3v) is 4.80. The van der Waals surface area contributed by atoms with Gasteiger partial charge in [-0.2, -0.15) is 4.98 Å². The lowest BCUT2D eigenvalue weighted by atomic mass is 10.0. The van der Waals surface area contributed by atoms with Gasteiger partial charge in [-0.3, -0.25) is 13.9 Å². The van der Waals surface area contributed by atoms with Gasteiger partial charge in [-0.15, -0.1) is 0 Å². The summed E-state index contributed by atoms with van der Waals surface area (Å²) in [6, 6.07) is 14.0. The van der Waals surface area contributed by atoms with Crippen LogP contribution in [-0.4, -0.2) is 18.7 Å². The SMILES string of the molecule is Cn1c(=O)c2c(nc(Cl)n2Cc2cccc3ccccc23)n(C)c1=O. The molecule has 0 aliphatic rings. The largest absolute Gasteiger partial charge is 0.332 e. The second kappa shape index (κ2) is 5.60. The van der Waals surface area contributed by atoms with E-state index in [-0.39, 0.29) is 5.28 Å². The molecule has 4 rings (SSSR count). The summed E-state index contributed by atoms with van der Waals surface area (Å²) in [4.78, 5) is 28.9. The standard InChI is InChI=1S/C18H15ClN4O2/c1-21-15-14(16(24)22(2)18(21)25)23(17(19)20-15)10-12-8-5-7-11-6-3-4-9-13(11)12/h3-9H,10H2,1-2H3. The zero-order valence-electron chi connectivity index (χ0n) is 13.7. The monoisotopic (exact) mass is 354 g/mol. The molecule has 0 aliphatic carbocycles. The highest BCUT2D eigenvalue weighted by Gasteiger charge is 2.18. The van der Waals surface area contributed by atoms with Crippen LogP contribution in [0.5, 0.6) is 0 Å². The van der Waals surface area contributed by atoms with E-state index >= 15 is 0 Å². The Hall–Kier alpha value is -2.86. The summed E-state index contributed by atoms with van der Waals surface area (Å²) < 4.78 is 4.06. The molecule has 7 heteroatoms. The number of fused-ring (bicyclic) bond motifs is 2. The first-order valence-corrected chi connectivity index (χ1v) is 8.15. The lowest BCUT2D eigenvalue weighted by Crippen LogP contribution is -2.37. The zero-order chi connectivity index (χ0) is 17.7. The summed E-state index contributed by atoms with van der Waals surface area (Å²) in [5.41, 5.74) is 0.804. The van der Waals surface area contributed by atoms with Crippen LogP contribution in [0.1, 0.15) is 5.56 Å². The summed E-state index contributed by atoms with van der Waals surface area (Å²) >= 11 is 6.31. The van der Waals surface area contributed by atoms with Crippen molar-refractivity contribution in [2.24, 2.45) is 14.1 Å². The van der Waals surface area contributed by atoms with Gasteiger partial charge in [0.25, 0.3) is 5.56 Å². The minimum Gasteiger partial charge on any atom is -0.304 e. The van der Waals surface area contributed by atoms with Gasteiger partial charge in [0.2, 0.25) is 5.28 Å². The van der Waals surface area contributed by atoms with Crippen molar-refractivity contribution in [3.05, 3.63) is 74.1 Å². The molecule has 4 aromatic rings. The Balaban J connectivity index is 2.00. The minimum absolute atomic E-state index is 0.182. The number of nitrogens with zero attached hydrogens (tertiary/aromatic N) is 4. The Morgan fingerprint density at radius 2 is 1.72 bits per heavy atom. The van der Waals surface area contributed by atoms with Crippen molar-refractivity contribution in [1.29, 1.82) is 0 Å². The van der Waals surface area contributed by atoms with Crippen molar-refractivity contribution in [1.82, 2.24) is 18.7 Å². The van der Waals surface area contributed by atoms with Gasteiger partial charge in [0, 0.05) is 14.1 Å². The van der Waals surface area contributed by atoms with Gasteiger partial charge < -0.3 is 4.57 Å². The van der Waals surface area contributed by atoms with Crippen molar-refractivity contribution < 1.29 is 0 Å². The predicted octanol–water partition coefficient (Wildman–Crippen LogP) is 2.29. The van der Waals surface area contributed by atoms with Crippen molar-refractivity contribution in [3.8, 4) is 0 Å². The smallest absolute Gasteiger partial charge is 0.304 e. The van der Waals surface area contributed by atoms with E-state index in [1.807, 2.05) is 42.5 Å². The summed E-state index contributed by atoms with van der Waals surface area (Å²) in [5, 5.41) is 2.38. The third kappa shape index (κ3) is 2.29. The van der Waals surface area contributed by atoms with Gasteiger partial charge in [0.1, 0.15) is 0 Å². The molecule has 6 nitrogen and oxygen atoms in total. The van der Waals surface area contributed by atoms with Crippen LogP contribution >= 0.6 is 11.6 Å². The number of hydrogen-bond acceptors (Lipinski definition) is 3. The Kier molecular flexibility index (Phi) is 3.51. The first kappa shape index (κ1) is 15.7. The quantitative estimate of drug-likeness (QED) is 0.519. The molecular formula is C18H15ClN4O2. The van der Waals surface area contributed by atoms with E-state index in [2.05, 4.69) is 4.98 Å². The van der Waals surface area contributed by atoms with Crippen LogP contribution in [0.25, 0.3) is 21.9 Å². The molecule has 2 aromatic heterocycles. The molecule has 0 aliphatic heterocycles. The van der Waals surface area contributed by atoms with Crippen LogP contribution < -0.4 is 11.2 Å². The summed E-state index contributed by atoms with van der Waals surface area (Å²) in [5.74, 6) is 0. The van der Waals surface area contributed by atoms with Crippen molar-refractivity contribution in [2.75, 3.05) is 0 Å². The van der Waals surface area contributed by atoms with Crippen LogP contribution in [0.4, 0.5) is 0 Å². The average molecular weight is 355 g/mol. The second-order valence-electron chi connectivity index (χ2n) is 5.98. The Morgan fingerprint density at radius 1 is 1.00 bits per heavy atom. The van der Waals surface area contributed by atoms with Crippen molar-refractivity contribution in [3.63, 3.8) is 0 Å².